The summed E-state index contributed by atoms with van der Waals surface area (Å²) in [6, 6.07) is 5.55. The molecule has 0 bridgehead atoms. The molecule has 0 saturated heterocycles. The Balaban J connectivity index is 2.04. The highest BCUT2D eigenvalue weighted by Crippen LogP contribution is 2.16. The van der Waals surface area contributed by atoms with Crippen molar-refractivity contribution in [1.82, 2.24) is 15.1 Å². The van der Waals surface area contributed by atoms with Gasteiger partial charge in [-0.1, -0.05) is 11.2 Å². The van der Waals surface area contributed by atoms with Gasteiger partial charge in [-0.2, -0.15) is 4.98 Å². The molecule has 0 atom stereocenters. The van der Waals surface area contributed by atoms with Gasteiger partial charge in [0.15, 0.2) is 0 Å². The van der Waals surface area contributed by atoms with Gasteiger partial charge in [-0.25, -0.2) is 4.98 Å². The number of rotatable bonds is 5. The van der Waals surface area contributed by atoms with E-state index in [0.29, 0.717) is 23.2 Å². The number of carboxylic acids is 1. The Morgan fingerprint density at radius 3 is 3.00 bits per heavy atom. The zero-order valence-corrected chi connectivity index (χ0v) is 10.5. The second kappa shape index (κ2) is 5.63. The number of carboxylic acid groups (broad SMARTS) is 1. The van der Waals surface area contributed by atoms with Crippen LogP contribution < -0.4 is 0 Å². The molecule has 0 unspecified atom stereocenters. The number of hydrogen-bond donors (Lipinski definition) is 1. The van der Waals surface area contributed by atoms with Gasteiger partial charge in [-0.15, -0.1) is 11.8 Å². The summed E-state index contributed by atoms with van der Waals surface area (Å²) < 4.78 is 5.03. The van der Waals surface area contributed by atoms with Crippen molar-refractivity contribution in [1.29, 1.82) is 0 Å². The van der Waals surface area contributed by atoms with E-state index in [1.54, 1.807) is 6.07 Å². The zero-order valence-electron chi connectivity index (χ0n) is 9.66. The van der Waals surface area contributed by atoms with E-state index in [1.807, 2.05) is 19.1 Å². The first kappa shape index (κ1) is 12.6. The second-order valence-corrected chi connectivity index (χ2v) is 4.55. The molecule has 0 aliphatic carbocycles. The van der Waals surface area contributed by atoms with Gasteiger partial charge in [0.1, 0.15) is 5.69 Å². The summed E-state index contributed by atoms with van der Waals surface area (Å²) in [7, 11) is 0. The van der Waals surface area contributed by atoms with E-state index in [4.69, 9.17) is 9.63 Å². The van der Waals surface area contributed by atoms with E-state index < -0.39 is 5.97 Å². The van der Waals surface area contributed by atoms with Gasteiger partial charge in [0.05, 0.1) is 11.5 Å². The molecule has 7 heteroatoms. The molecule has 18 heavy (non-hydrogen) atoms. The lowest BCUT2D eigenvalue weighted by molar-refractivity contribution is -0.133. The van der Waals surface area contributed by atoms with Crippen LogP contribution in [0.5, 0.6) is 0 Å². The maximum atomic E-state index is 10.4. The van der Waals surface area contributed by atoms with E-state index in [1.165, 1.54) is 11.8 Å². The van der Waals surface area contributed by atoms with Crippen LogP contribution in [0.2, 0.25) is 0 Å². The van der Waals surface area contributed by atoms with Crippen LogP contribution in [0.4, 0.5) is 0 Å². The number of hydrogen-bond acceptors (Lipinski definition) is 6. The van der Waals surface area contributed by atoms with Gasteiger partial charge in [0, 0.05) is 5.69 Å². The Kier molecular flexibility index (Phi) is 3.93. The second-order valence-electron chi connectivity index (χ2n) is 3.56. The fourth-order valence-electron chi connectivity index (χ4n) is 1.31. The predicted octanol–water partition coefficient (Wildman–Crippen LogP) is 1.76. The van der Waals surface area contributed by atoms with Crippen molar-refractivity contribution >= 4 is 17.7 Å². The molecule has 0 aliphatic heterocycles. The van der Waals surface area contributed by atoms with Gasteiger partial charge in [0.25, 0.3) is 0 Å². The van der Waals surface area contributed by atoms with Crippen molar-refractivity contribution < 1.29 is 14.4 Å². The normalized spacial score (nSPS) is 10.5. The highest BCUT2D eigenvalue weighted by molar-refractivity contribution is 7.99. The minimum atomic E-state index is -0.861. The minimum Gasteiger partial charge on any atom is -0.481 e. The third-order valence-corrected chi connectivity index (χ3v) is 2.94. The molecule has 0 fully saturated rings. The number of pyridine rings is 1. The third-order valence-electron chi connectivity index (χ3n) is 2.04. The Hall–Kier alpha value is -1.89. The van der Waals surface area contributed by atoms with Crippen LogP contribution in [0.1, 0.15) is 11.6 Å². The van der Waals surface area contributed by atoms with E-state index >= 15 is 0 Å². The van der Waals surface area contributed by atoms with Crippen molar-refractivity contribution in [3.8, 4) is 11.5 Å². The molecule has 94 valence electrons. The number of aromatic nitrogens is 3. The van der Waals surface area contributed by atoms with Gasteiger partial charge in [0.2, 0.25) is 11.7 Å². The molecule has 0 spiro atoms. The van der Waals surface area contributed by atoms with Crippen LogP contribution in [0, 0.1) is 6.92 Å². The Labute approximate surface area is 107 Å². The Morgan fingerprint density at radius 1 is 1.44 bits per heavy atom. The largest absolute Gasteiger partial charge is 0.481 e. The zero-order chi connectivity index (χ0) is 13.0. The van der Waals surface area contributed by atoms with Gasteiger partial charge in [-0.05, 0) is 19.1 Å². The summed E-state index contributed by atoms with van der Waals surface area (Å²) in [4.78, 5) is 18.8. The molecule has 6 nitrogen and oxygen atoms in total. The first-order valence-electron chi connectivity index (χ1n) is 5.21. The lowest BCUT2D eigenvalue weighted by atomic mass is 10.3. The Bertz CT molecular complexity index is 556. The maximum Gasteiger partial charge on any atom is 0.313 e. The molecule has 0 saturated carbocycles. The number of aryl methyl sites for hydroxylation is 1. The van der Waals surface area contributed by atoms with Crippen LogP contribution in [0.3, 0.4) is 0 Å². The van der Waals surface area contributed by atoms with Gasteiger partial charge < -0.3 is 9.63 Å². The molecule has 2 rings (SSSR count). The number of thioether (sulfide) groups is 1. The highest BCUT2D eigenvalue weighted by atomic mass is 32.2. The van der Waals surface area contributed by atoms with E-state index in [-0.39, 0.29) is 5.75 Å². The first-order chi connectivity index (χ1) is 8.65. The lowest BCUT2D eigenvalue weighted by Crippen LogP contribution is -1.98. The summed E-state index contributed by atoms with van der Waals surface area (Å²) in [5.74, 6) is 0.357. The predicted molar refractivity (Wildman–Crippen MR) is 66.1 cm³/mol. The van der Waals surface area contributed by atoms with Crippen molar-refractivity contribution in [2.45, 2.75) is 12.7 Å². The average molecular weight is 265 g/mol. The molecule has 2 aromatic heterocycles. The molecule has 0 aromatic carbocycles. The van der Waals surface area contributed by atoms with Crippen LogP contribution in [-0.2, 0) is 10.5 Å². The van der Waals surface area contributed by atoms with E-state index in [2.05, 4.69) is 15.1 Å². The Morgan fingerprint density at radius 2 is 2.28 bits per heavy atom. The summed E-state index contributed by atoms with van der Waals surface area (Å²) in [5.41, 5.74) is 1.52. The molecule has 2 heterocycles. The monoisotopic (exact) mass is 265 g/mol. The van der Waals surface area contributed by atoms with Crippen molar-refractivity contribution in [2.24, 2.45) is 0 Å². The van der Waals surface area contributed by atoms with Crippen molar-refractivity contribution in [3.05, 3.63) is 29.8 Å². The quantitative estimate of drug-likeness (QED) is 0.880. The average Bonchev–Trinajstić information content (AvgIpc) is 2.77. The summed E-state index contributed by atoms with van der Waals surface area (Å²) in [6.45, 7) is 1.88. The first-order valence-corrected chi connectivity index (χ1v) is 6.37. The van der Waals surface area contributed by atoms with Crippen LogP contribution in [0.15, 0.2) is 22.7 Å². The SMILES string of the molecule is Cc1cccc(-c2noc(CSCC(=O)O)n2)n1. The fraction of sp³-hybridized carbons (Fsp3) is 0.273. The number of aliphatic carboxylic acids is 1. The topological polar surface area (TPSA) is 89.1 Å². The van der Waals surface area contributed by atoms with Crippen LogP contribution in [0.25, 0.3) is 11.5 Å². The maximum absolute atomic E-state index is 10.4. The minimum absolute atomic E-state index is 0.0143. The number of carbonyl (C=O) groups is 1. The highest BCUT2D eigenvalue weighted by Gasteiger charge is 2.10. The fourth-order valence-corrected chi connectivity index (χ4v) is 1.88. The van der Waals surface area contributed by atoms with Crippen molar-refractivity contribution in [2.75, 3.05) is 5.75 Å². The third kappa shape index (κ3) is 3.30. The van der Waals surface area contributed by atoms with Crippen LogP contribution in [-0.4, -0.2) is 32.0 Å². The molecule has 0 radical (unpaired) electrons. The van der Waals surface area contributed by atoms with E-state index in [9.17, 15) is 4.79 Å². The lowest BCUT2D eigenvalue weighted by Gasteiger charge is -1.94. The standard InChI is InChI=1S/C11H11N3O3S/c1-7-3-2-4-8(12-7)11-13-9(17-14-11)5-18-6-10(15)16/h2-4H,5-6H2,1H3,(H,15,16). The molecule has 0 aliphatic rings. The molecule has 0 amide bonds. The smallest absolute Gasteiger partial charge is 0.313 e. The van der Waals surface area contributed by atoms with E-state index in [0.717, 1.165) is 5.69 Å². The molecular weight excluding hydrogens is 254 g/mol. The van der Waals surface area contributed by atoms with Gasteiger partial charge >= 0.3 is 5.97 Å². The molecule has 1 N–H and O–H groups in total. The molecular formula is C11H11N3O3S. The van der Waals surface area contributed by atoms with Gasteiger partial charge in [-0.3, -0.25) is 4.79 Å². The van der Waals surface area contributed by atoms with Crippen LogP contribution >= 0.6 is 11.8 Å². The van der Waals surface area contributed by atoms with Crippen molar-refractivity contribution in [3.63, 3.8) is 0 Å². The molecule has 2 aromatic rings. The number of nitrogens with zero attached hydrogens (tertiary/aromatic N) is 3. The summed E-state index contributed by atoms with van der Waals surface area (Å²) >= 11 is 1.21. The summed E-state index contributed by atoms with van der Waals surface area (Å²) in [5, 5.41) is 12.3. The summed E-state index contributed by atoms with van der Waals surface area (Å²) in [6.07, 6.45) is 0.